The van der Waals surface area contributed by atoms with Gasteiger partial charge >= 0.3 is 0 Å². The Bertz CT molecular complexity index is 1060. The Labute approximate surface area is 176 Å². The van der Waals surface area contributed by atoms with Crippen molar-refractivity contribution in [2.75, 3.05) is 31.1 Å². The Morgan fingerprint density at radius 1 is 1.10 bits per heavy atom. The zero-order chi connectivity index (χ0) is 21.1. The second-order valence-electron chi connectivity index (χ2n) is 6.77. The van der Waals surface area contributed by atoms with Crippen molar-refractivity contribution >= 4 is 28.9 Å². The highest BCUT2D eigenvalue weighted by molar-refractivity contribution is 6.30. The van der Waals surface area contributed by atoms with Crippen molar-refractivity contribution in [3.63, 3.8) is 0 Å². The van der Waals surface area contributed by atoms with Crippen LogP contribution in [-0.2, 0) is 11.3 Å². The molecule has 3 aromatic rings. The van der Waals surface area contributed by atoms with E-state index in [2.05, 4.69) is 15.4 Å². The third-order valence-electron chi connectivity index (χ3n) is 4.87. The van der Waals surface area contributed by atoms with Crippen molar-refractivity contribution in [2.45, 2.75) is 6.54 Å². The van der Waals surface area contributed by atoms with Crippen LogP contribution in [0.5, 0.6) is 0 Å². The van der Waals surface area contributed by atoms with Gasteiger partial charge < -0.3 is 9.80 Å². The summed E-state index contributed by atoms with van der Waals surface area (Å²) in [6, 6.07) is 14.0. The number of amides is 1. The van der Waals surface area contributed by atoms with Crippen LogP contribution in [0.1, 0.15) is 0 Å². The number of hydrogen-bond acceptors (Lipinski definition) is 7. The van der Waals surface area contributed by atoms with Crippen LogP contribution in [0.4, 0.5) is 11.4 Å². The summed E-state index contributed by atoms with van der Waals surface area (Å²) < 4.78 is 0. The Kier molecular flexibility index (Phi) is 5.57. The fraction of sp³-hybridized carbons (Fsp3) is 0.263. The summed E-state index contributed by atoms with van der Waals surface area (Å²) in [5, 5.41) is 23.9. The molecular weight excluding hydrogens is 410 g/mol. The van der Waals surface area contributed by atoms with Gasteiger partial charge in [0, 0.05) is 42.8 Å². The molecule has 2 aromatic carbocycles. The van der Waals surface area contributed by atoms with Crippen molar-refractivity contribution < 1.29 is 9.72 Å². The minimum atomic E-state index is -0.445. The quantitative estimate of drug-likeness (QED) is 0.453. The Morgan fingerprint density at radius 3 is 2.53 bits per heavy atom. The molecule has 0 radical (unpaired) electrons. The number of benzene rings is 2. The van der Waals surface area contributed by atoms with E-state index in [1.165, 1.54) is 10.9 Å². The van der Waals surface area contributed by atoms with Gasteiger partial charge in [0.1, 0.15) is 12.2 Å². The maximum absolute atomic E-state index is 12.6. The third-order valence-corrected chi connectivity index (χ3v) is 5.10. The van der Waals surface area contributed by atoms with Gasteiger partial charge in [0.05, 0.1) is 4.92 Å². The lowest BCUT2D eigenvalue weighted by atomic mass is 10.2. The maximum atomic E-state index is 12.6. The average Bonchev–Trinajstić information content (AvgIpc) is 3.23. The minimum Gasteiger partial charge on any atom is -0.362 e. The molecule has 0 aliphatic carbocycles. The summed E-state index contributed by atoms with van der Waals surface area (Å²) in [6.07, 6.45) is 0. The predicted molar refractivity (Wildman–Crippen MR) is 110 cm³/mol. The molecule has 4 rings (SSSR count). The van der Waals surface area contributed by atoms with Crippen molar-refractivity contribution in [1.82, 2.24) is 25.1 Å². The van der Waals surface area contributed by atoms with E-state index in [1.54, 1.807) is 17.0 Å². The lowest BCUT2D eigenvalue weighted by Crippen LogP contribution is -2.49. The fourth-order valence-electron chi connectivity index (χ4n) is 3.34. The van der Waals surface area contributed by atoms with E-state index in [0.29, 0.717) is 42.7 Å². The molecule has 0 unspecified atom stereocenters. The van der Waals surface area contributed by atoms with Crippen molar-refractivity contribution in [2.24, 2.45) is 0 Å². The second kappa shape index (κ2) is 8.46. The van der Waals surface area contributed by atoms with Gasteiger partial charge in [-0.25, -0.2) is 0 Å². The average molecular weight is 428 g/mol. The summed E-state index contributed by atoms with van der Waals surface area (Å²) in [5.41, 5.74) is 1.29. The molecule has 11 heteroatoms. The number of piperazine rings is 1. The number of nitro groups is 1. The number of anilines is 1. The first-order chi connectivity index (χ1) is 14.5. The number of aromatic nitrogens is 4. The van der Waals surface area contributed by atoms with E-state index >= 15 is 0 Å². The number of tetrazole rings is 1. The molecular formula is C19H18ClN7O3. The number of carbonyl (C=O) groups is 1. The van der Waals surface area contributed by atoms with Gasteiger partial charge in [-0.1, -0.05) is 41.9 Å². The normalized spacial score (nSPS) is 14.0. The number of nitrogens with zero attached hydrogens (tertiary/aromatic N) is 7. The number of carbonyl (C=O) groups excluding carboxylic acids is 1. The van der Waals surface area contributed by atoms with Gasteiger partial charge in [-0.3, -0.25) is 14.9 Å². The van der Waals surface area contributed by atoms with Crippen molar-refractivity contribution in [3.8, 4) is 11.4 Å². The highest BCUT2D eigenvalue weighted by Crippen LogP contribution is 2.31. The molecule has 1 aromatic heterocycles. The zero-order valence-corrected chi connectivity index (χ0v) is 16.6. The first-order valence-electron chi connectivity index (χ1n) is 9.31. The van der Waals surface area contributed by atoms with Gasteiger partial charge in [-0.15, -0.1) is 10.2 Å². The van der Waals surface area contributed by atoms with Crippen LogP contribution in [-0.4, -0.2) is 62.1 Å². The summed E-state index contributed by atoms with van der Waals surface area (Å²) in [5.74, 6) is 0.334. The first kappa shape index (κ1) is 19.8. The Balaban J connectivity index is 1.37. The summed E-state index contributed by atoms with van der Waals surface area (Å²) in [4.78, 5) is 28.4. The second-order valence-corrected chi connectivity index (χ2v) is 7.20. The maximum Gasteiger partial charge on any atom is 0.294 e. The van der Waals surface area contributed by atoms with Gasteiger partial charge in [-0.2, -0.15) is 4.80 Å². The molecule has 0 atom stereocenters. The van der Waals surface area contributed by atoms with Gasteiger partial charge in [0.15, 0.2) is 0 Å². The molecule has 30 heavy (non-hydrogen) atoms. The van der Waals surface area contributed by atoms with Crippen LogP contribution >= 0.6 is 11.6 Å². The van der Waals surface area contributed by atoms with Crippen molar-refractivity contribution in [1.29, 1.82) is 0 Å². The minimum absolute atomic E-state index is 0.0130. The van der Waals surface area contributed by atoms with E-state index in [1.807, 2.05) is 35.2 Å². The molecule has 0 spiro atoms. The Morgan fingerprint density at radius 2 is 1.83 bits per heavy atom. The molecule has 1 aliphatic rings. The SMILES string of the molecule is O=C(Cn1nnc(-c2ccccc2)n1)N1CCN(c2ccc(Cl)cc2[N+](=O)[O-])CC1. The largest absolute Gasteiger partial charge is 0.362 e. The van der Waals surface area contributed by atoms with E-state index in [-0.39, 0.29) is 18.1 Å². The Hall–Kier alpha value is -3.53. The van der Waals surface area contributed by atoms with Crippen LogP contribution in [0.2, 0.25) is 5.02 Å². The van der Waals surface area contributed by atoms with E-state index in [4.69, 9.17) is 11.6 Å². The first-order valence-corrected chi connectivity index (χ1v) is 9.69. The predicted octanol–water partition coefficient (Wildman–Crippen LogP) is 2.25. The summed E-state index contributed by atoms with van der Waals surface area (Å²) in [7, 11) is 0. The standard InChI is InChI=1S/C19H18ClN7O3/c20-15-6-7-16(17(12-15)27(29)30)24-8-10-25(11-9-24)18(28)13-26-22-19(21-23-26)14-4-2-1-3-5-14/h1-7,12H,8-11,13H2. The van der Waals surface area contributed by atoms with E-state index in [9.17, 15) is 14.9 Å². The van der Waals surface area contributed by atoms with Crippen LogP contribution < -0.4 is 4.90 Å². The van der Waals surface area contributed by atoms with E-state index < -0.39 is 4.92 Å². The topological polar surface area (TPSA) is 110 Å². The van der Waals surface area contributed by atoms with Gasteiger partial charge in [0.2, 0.25) is 11.7 Å². The molecule has 1 aliphatic heterocycles. The van der Waals surface area contributed by atoms with Gasteiger partial charge in [0.25, 0.3) is 5.69 Å². The number of hydrogen-bond donors (Lipinski definition) is 0. The molecule has 0 N–H and O–H groups in total. The summed E-state index contributed by atoms with van der Waals surface area (Å²) in [6.45, 7) is 1.83. The molecule has 1 amide bonds. The van der Waals surface area contributed by atoms with Crippen LogP contribution in [0.3, 0.4) is 0 Å². The van der Waals surface area contributed by atoms with E-state index in [0.717, 1.165) is 5.56 Å². The number of rotatable bonds is 5. The zero-order valence-electron chi connectivity index (χ0n) is 15.9. The molecule has 10 nitrogen and oxygen atoms in total. The fourth-order valence-corrected chi connectivity index (χ4v) is 3.51. The molecule has 154 valence electrons. The highest BCUT2D eigenvalue weighted by atomic mass is 35.5. The molecule has 1 fully saturated rings. The third kappa shape index (κ3) is 4.23. The van der Waals surface area contributed by atoms with Crippen molar-refractivity contribution in [3.05, 3.63) is 63.7 Å². The lowest BCUT2D eigenvalue weighted by Gasteiger charge is -2.35. The number of nitro benzene ring substituents is 1. The lowest BCUT2D eigenvalue weighted by molar-refractivity contribution is -0.384. The monoisotopic (exact) mass is 427 g/mol. The van der Waals surface area contributed by atoms with Crippen LogP contribution in [0.25, 0.3) is 11.4 Å². The number of halogens is 1. The molecule has 2 heterocycles. The van der Waals surface area contributed by atoms with Crippen LogP contribution in [0, 0.1) is 10.1 Å². The molecule has 0 bridgehead atoms. The van der Waals surface area contributed by atoms with Gasteiger partial charge in [-0.05, 0) is 17.3 Å². The highest BCUT2D eigenvalue weighted by Gasteiger charge is 2.26. The smallest absolute Gasteiger partial charge is 0.294 e. The molecule has 0 saturated carbocycles. The summed E-state index contributed by atoms with van der Waals surface area (Å²) >= 11 is 5.89. The van der Waals surface area contributed by atoms with Crippen LogP contribution in [0.15, 0.2) is 48.5 Å². The molecule has 1 saturated heterocycles.